The van der Waals surface area contributed by atoms with Crippen LogP contribution in [-0.4, -0.2) is 35.5 Å². The lowest BCUT2D eigenvalue weighted by molar-refractivity contribution is -0.274. The van der Waals surface area contributed by atoms with Gasteiger partial charge < -0.3 is 4.74 Å². The molecule has 2 aromatic rings. The lowest BCUT2D eigenvalue weighted by Gasteiger charge is -2.26. The number of nitrogens with zero attached hydrogens (tertiary/aromatic N) is 2. The van der Waals surface area contributed by atoms with Gasteiger partial charge in [0.05, 0.1) is 16.2 Å². The third kappa shape index (κ3) is 7.42. The van der Waals surface area contributed by atoms with Crippen LogP contribution in [0, 0.1) is 5.92 Å². The van der Waals surface area contributed by atoms with E-state index in [1.165, 1.54) is 53.1 Å². The molecule has 6 nitrogen and oxygen atoms in total. The summed E-state index contributed by atoms with van der Waals surface area (Å²) in [6.45, 7) is 1.88. The molecule has 168 valence electrons. The highest BCUT2D eigenvalue weighted by Crippen LogP contribution is 2.32. The molecule has 0 bridgehead atoms. The number of ether oxygens (including phenoxy) is 1. The van der Waals surface area contributed by atoms with E-state index in [1.54, 1.807) is 12.3 Å². The summed E-state index contributed by atoms with van der Waals surface area (Å²) >= 11 is 2.57. The van der Waals surface area contributed by atoms with Gasteiger partial charge in [-0.1, -0.05) is 30.2 Å². The Balaban J connectivity index is 1.76. The topological polar surface area (TPSA) is 71.5 Å². The first-order valence-electron chi connectivity index (χ1n) is 9.72. The number of thioether (sulfide) groups is 1. The predicted octanol–water partition coefficient (Wildman–Crippen LogP) is 5.95. The van der Waals surface area contributed by atoms with Crippen molar-refractivity contribution in [2.45, 2.75) is 43.2 Å². The fourth-order valence-electron chi connectivity index (χ4n) is 3.32. The number of rotatable bonds is 8. The number of alkyl halides is 3. The molecule has 1 N–H and O–H groups in total. The molecular weight excluding hydrogens is 451 g/mol. The smallest absolute Gasteiger partial charge is 0.406 e. The number of thiazole rings is 1. The maximum absolute atomic E-state index is 13.0. The van der Waals surface area contributed by atoms with Gasteiger partial charge in [-0.15, -0.1) is 24.9 Å². The van der Waals surface area contributed by atoms with Crippen molar-refractivity contribution < 1.29 is 27.5 Å². The summed E-state index contributed by atoms with van der Waals surface area (Å²) in [5, 5.41) is 3.08. The van der Waals surface area contributed by atoms with Crippen LogP contribution in [0.1, 0.15) is 32.6 Å². The predicted molar refractivity (Wildman–Crippen MR) is 115 cm³/mol. The van der Waals surface area contributed by atoms with E-state index in [-0.39, 0.29) is 17.5 Å². The number of nitrogens with one attached hydrogen (secondary N) is 1. The van der Waals surface area contributed by atoms with E-state index in [1.807, 2.05) is 0 Å². The van der Waals surface area contributed by atoms with Crippen LogP contribution >= 0.6 is 23.1 Å². The number of carbonyl (C=O) groups is 2. The van der Waals surface area contributed by atoms with E-state index in [4.69, 9.17) is 0 Å². The number of aromatic nitrogens is 1. The maximum Gasteiger partial charge on any atom is 0.573 e. The number of amides is 2. The minimum absolute atomic E-state index is 0.0349. The van der Waals surface area contributed by atoms with Crippen LogP contribution in [0.2, 0.25) is 0 Å². The zero-order chi connectivity index (χ0) is 22.4. The Kier molecular flexibility index (Phi) is 7.82. The van der Waals surface area contributed by atoms with Crippen LogP contribution < -0.4 is 15.0 Å². The molecule has 1 aromatic carbocycles. The number of Topliss-reactive ketones (excluding diaryl/α,β-unsaturated/α-hetero) is 1. The number of hydrogen-bond acceptors (Lipinski definition) is 6. The molecule has 0 radical (unpaired) electrons. The van der Waals surface area contributed by atoms with E-state index < -0.39 is 12.4 Å². The molecule has 1 heterocycles. The SMILES string of the molecule is CC(=O)CSc1cnc(NC(=O)N(CC2CCCC2)c2cccc(OC(F)(F)F)c2)s1. The number of anilines is 2. The van der Waals surface area contributed by atoms with Gasteiger partial charge in [0.1, 0.15) is 11.5 Å². The Bertz CT molecular complexity index is 914. The van der Waals surface area contributed by atoms with E-state index >= 15 is 0 Å². The monoisotopic (exact) mass is 473 g/mol. The molecular formula is C20H22F3N3O3S2. The van der Waals surface area contributed by atoms with Gasteiger partial charge in [-0.2, -0.15) is 0 Å². The lowest BCUT2D eigenvalue weighted by Crippen LogP contribution is -2.38. The highest BCUT2D eigenvalue weighted by molar-refractivity contribution is 8.01. The van der Waals surface area contributed by atoms with Gasteiger partial charge in [-0.05, 0) is 37.8 Å². The number of benzene rings is 1. The highest BCUT2D eigenvalue weighted by Gasteiger charge is 2.31. The summed E-state index contributed by atoms with van der Waals surface area (Å²) in [4.78, 5) is 29.8. The van der Waals surface area contributed by atoms with Gasteiger partial charge >= 0.3 is 12.4 Å². The van der Waals surface area contributed by atoms with Crippen LogP contribution in [0.25, 0.3) is 0 Å². The second-order valence-electron chi connectivity index (χ2n) is 7.21. The van der Waals surface area contributed by atoms with Crippen LogP contribution in [0.3, 0.4) is 0 Å². The van der Waals surface area contributed by atoms with Gasteiger partial charge in [-0.25, -0.2) is 9.78 Å². The lowest BCUT2D eigenvalue weighted by atomic mass is 10.1. The van der Waals surface area contributed by atoms with Crippen molar-refractivity contribution in [1.29, 1.82) is 0 Å². The highest BCUT2D eigenvalue weighted by atomic mass is 32.2. The van der Waals surface area contributed by atoms with Crippen LogP contribution in [0.15, 0.2) is 34.7 Å². The number of carbonyl (C=O) groups excluding carboxylic acids is 2. The normalized spacial score (nSPS) is 14.5. The zero-order valence-electron chi connectivity index (χ0n) is 16.8. The number of hydrogen-bond donors (Lipinski definition) is 1. The van der Waals surface area contributed by atoms with Crippen LogP contribution in [-0.2, 0) is 4.79 Å². The molecule has 1 saturated carbocycles. The van der Waals surface area contributed by atoms with E-state index in [2.05, 4.69) is 15.0 Å². The summed E-state index contributed by atoms with van der Waals surface area (Å²) in [6.07, 6.45) is 0.831. The molecule has 0 spiro atoms. The molecule has 0 aliphatic heterocycles. The largest absolute Gasteiger partial charge is 0.573 e. The summed E-state index contributed by atoms with van der Waals surface area (Å²) < 4.78 is 42.6. The third-order valence-electron chi connectivity index (χ3n) is 4.64. The van der Waals surface area contributed by atoms with Crippen molar-refractivity contribution in [3.63, 3.8) is 0 Å². The van der Waals surface area contributed by atoms with Crippen molar-refractivity contribution in [2.24, 2.45) is 5.92 Å². The van der Waals surface area contributed by atoms with Gasteiger partial charge in [0.25, 0.3) is 0 Å². The quantitative estimate of drug-likeness (QED) is 0.480. The molecule has 2 amide bonds. The minimum Gasteiger partial charge on any atom is -0.406 e. The second-order valence-corrected chi connectivity index (χ2v) is 9.52. The van der Waals surface area contributed by atoms with Crippen LogP contribution in [0.5, 0.6) is 5.75 Å². The number of halogens is 3. The molecule has 1 fully saturated rings. The fourth-order valence-corrected chi connectivity index (χ4v) is 4.98. The summed E-state index contributed by atoms with van der Waals surface area (Å²) in [5.74, 6) is 0.241. The molecule has 3 rings (SSSR count). The van der Waals surface area contributed by atoms with Crippen molar-refractivity contribution in [2.75, 3.05) is 22.5 Å². The fraction of sp³-hybridized carbons (Fsp3) is 0.450. The van der Waals surface area contributed by atoms with Crippen molar-refractivity contribution in [3.8, 4) is 5.75 Å². The van der Waals surface area contributed by atoms with Crippen molar-refractivity contribution in [1.82, 2.24) is 4.98 Å². The first-order chi connectivity index (χ1) is 14.7. The molecule has 0 unspecified atom stereocenters. The van der Waals surface area contributed by atoms with Gasteiger partial charge in [0.2, 0.25) is 0 Å². The van der Waals surface area contributed by atoms with Gasteiger partial charge in [0.15, 0.2) is 5.13 Å². The maximum atomic E-state index is 13.0. The summed E-state index contributed by atoms with van der Waals surface area (Å²) in [5.41, 5.74) is 0.314. The average Bonchev–Trinajstić information content (AvgIpc) is 3.35. The third-order valence-corrected chi connectivity index (χ3v) is 6.89. The Morgan fingerprint density at radius 2 is 2.06 bits per heavy atom. The number of urea groups is 1. The first kappa shape index (κ1) is 23.4. The Hall–Kier alpha value is -2.27. The average molecular weight is 474 g/mol. The second kappa shape index (κ2) is 10.4. The zero-order valence-corrected chi connectivity index (χ0v) is 18.4. The molecule has 31 heavy (non-hydrogen) atoms. The van der Waals surface area contributed by atoms with E-state index in [0.29, 0.717) is 23.1 Å². The molecule has 1 aliphatic rings. The van der Waals surface area contributed by atoms with Crippen molar-refractivity contribution >= 4 is 45.7 Å². The van der Waals surface area contributed by atoms with E-state index in [0.717, 1.165) is 29.9 Å². The van der Waals surface area contributed by atoms with Gasteiger partial charge in [-0.3, -0.25) is 15.0 Å². The first-order valence-corrected chi connectivity index (χ1v) is 11.5. The molecule has 1 aliphatic carbocycles. The van der Waals surface area contributed by atoms with Crippen molar-refractivity contribution in [3.05, 3.63) is 30.5 Å². The number of ketones is 1. The summed E-state index contributed by atoms with van der Waals surface area (Å²) in [6, 6.07) is 4.92. The standard InChI is InChI=1S/C20H22F3N3O3S2/c1-13(27)12-30-17-10-24-18(31-17)25-19(28)26(11-14-5-2-3-6-14)15-7-4-8-16(9-15)29-20(21,22)23/h4,7-10,14H,2-3,5-6,11-12H2,1H3,(H,24,25,28). The van der Waals surface area contributed by atoms with Gasteiger partial charge in [0, 0.05) is 18.3 Å². The Morgan fingerprint density at radius 1 is 1.32 bits per heavy atom. The van der Waals surface area contributed by atoms with Crippen LogP contribution in [0.4, 0.5) is 28.8 Å². The Morgan fingerprint density at radius 3 is 2.74 bits per heavy atom. The molecule has 0 saturated heterocycles. The molecule has 1 aromatic heterocycles. The molecule has 11 heteroatoms. The Labute approximate surface area is 186 Å². The van der Waals surface area contributed by atoms with E-state index in [9.17, 15) is 22.8 Å². The summed E-state index contributed by atoms with van der Waals surface area (Å²) in [7, 11) is 0. The minimum atomic E-state index is -4.81. The molecule has 0 atom stereocenters.